The van der Waals surface area contributed by atoms with Gasteiger partial charge in [0.15, 0.2) is 0 Å². The number of unbranched alkanes of at least 4 members (excludes halogenated alkanes) is 1. The first-order valence-corrected chi connectivity index (χ1v) is 5.90. The summed E-state index contributed by atoms with van der Waals surface area (Å²) in [6.07, 6.45) is 3.23. The van der Waals surface area contributed by atoms with Gasteiger partial charge in [0.1, 0.15) is 5.75 Å². The molecule has 1 atom stereocenters. The van der Waals surface area contributed by atoms with Crippen LogP contribution in [-0.2, 0) is 0 Å². The van der Waals surface area contributed by atoms with Gasteiger partial charge in [0.25, 0.3) is 0 Å². The van der Waals surface area contributed by atoms with Crippen LogP contribution in [0.4, 0.5) is 0 Å². The Balaban J connectivity index is 2.92. The van der Waals surface area contributed by atoms with Crippen LogP contribution < -0.4 is 16.0 Å². The van der Waals surface area contributed by atoms with Crippen molar-refractivity contribution in [1.82, 2.24) is 5.43 Å². The van der Waals surface area contributed by atoms with Crippen LogP contribution in [0.25, 0.3) is 0 Å². The van der Waals surface area contributed by atoms with Crippen molar-refractivity contribution >= 4 is 11.6 Å². The van der Waals surface area contributed by atoms with E-state index in [9.17, 15) is 0 Å². The van der Waals surface area contributed by atoms with Gasteiger partial charge in [0, 0.05) is 16.6 Å². The highest BCUT2D eigenvalue weighted by molar-refractivity contribution is 6.30. The van der Waals surface area contributed by atoms with Crippen molar-refractivity contribution in [1.29, 1.82) is 0 Å². The summed E-state index contributed by atoms with van der Waals surface area (Å²) >= 11 is 5.98. The molecule has 1 aromatic rings. The third-order valence-electron chi connectivity index (χ3n) is 2.61. The van der Waals surface area contributed by atoms with Crippen LogP contribution in [0.5, 0.6) is 5.75 Å². The number of halogens is 1. The highest BCUT2D eigenvalue weighted by Crippen LogP contribution is 2.30. The zero-order valence-electron chi connectivity index (χ0n) is 9.79. The lowest BCUT2D eigenvalue weighted by atomic mass is 10.0. The van der Waals surface area contributed by atoms with E-state index in [4.69, 9.17) is 22.2 Å². The smallest absolute Gasteiger partial charge is 0.123 e. The van der Waals surface area contributed by atoms with Crippen LogP contribution in [0.2, 0.25) is 5.02 Å². The van der Waals surface area contributed by atoms with Gasteiger partial charge in [-0.15, -0.1) is 0 Å². The number of nitrogens with one attached hydrogen (secondary N) is 1. The predicted octanol–water partition coefficient (Wildman–Crippen LogP) is 3.04. The maximum atomic E-state index is 5.98. The van der Waals surface area contributed by atoms with Crippen molar-refractivity contribution in [3.63, 3.8) is 0 Å². The molecule has 0 aliphatic heterocycles. The summed E-state index contributed by atoms with van der Waals surface area (Å²) in [6.45, 7) is 2.16. The van der Waals surface area contributed by atoms with Crippen molar-refractivity contribution in [2.75, 3.05) is 7.11 Å². The van der Waals surface area contributed by atoms with E-state index in [-0.39, 0.29) is 6.04 Å². The van der Waals surface area contributed by atoms with E-state index in [1.54, 1.807) is 7.11 Å². The van der Waals surface area contributed by atoms with Crippen LogP contribution in [0, 0.1) is 0 Å². The molecule has 0 spiro atoms. The maximum Gasteiger partial charge on any atom is 0.123 e. The van der Waals surface area contributed by atoms with Crippen LogP contribution in [-0.4, -0.2) is 7.11 Å². The van der Waals surface area contributed by atoms with Crippen molar-refractivity contribution in [3.8, 4) is 5.75 Å². The van der Waals surface area contributed by atoms with Crippen LogP contribution in [0.15, 0.2) is 18.2 Å². The van der Waals surface area contributed by atoms with E-state index in [0.717, 1.165) is 30.6 Å². The van der Waals surface area contributed by atoms with Gasteiger partial charge < -0.3 is 4.74 Å². The second kappa shape index (κ2) is 6.74. The van der Waals surface area contributed by atoms with E-state index < -0.39 is 0 Å². The molecule has 0 bridgehead atoms. The molecule has 0 saturated carbocycles. The SMILES string of the molecule is CCCCC(NN)c1cc(Cl)ccc1OC. The number of hydrazine groups is 1. The summed E-state index contributed by atoms with van der Waals surface area (Å²) in [5, 5.41) is 0.701. The van der Waals surface area contributed by atoms with Crippen molar-refractivity contribution in [3.05, 3.63) is 28.8 Å². The average molecular weight is 243 g/mol. The fourth-order valence-corrected chi connectivity index (χ4v) is 1.89. The standard InChI is InChI=1S/C12H19ClN2O/c1-3-4-5-11(15-14)10-8-9(13)6-7-12(10)16-2/h6-8,11,15H,3-5,14H2,1-2H3. The van der Waals surface area contributed by atoms with Gasteiger partial charge in [-0.1, -0.05) is 31.4 Å². The van der Waals surface area contributed by atoms with E-state index in [0.29, 0.717) is 5.02 Å². The van der Waals surface area contributed by atoms with E-state index in [2.05, 4.69) is 12.3 Å². The molecule has 3 nitrogen and oxygen atoms in total. The van der Waals surface area contributed by atoms with Crippen molar-refractivity contribution in [2.24, 2.45) is 5.84 Å². The van der Waals surface area contributed by atoms with E-state index in [1.165, 1.54) is 0 Å². The molecule has 3 N–H and O–H groups in total. The molecule has 90 valence electrons. The molecule has 0 saturated heterocycles. The van der Waals surface area contributed by atoms with Gasteiger partial charge in [-0.05, 0) is 24.6 Å². The van der Waals surface area contributed by atoms with E-state index in [1.807, 2.05) is 18.2 Å². The molecule has 4 heteroatoms. The highest BCUT2D eigenvalue weighted by Gasteiger charge is 2.14. The first kappa shape index (κ1) is 13.3. The minimum Gasteiger partial charge on any atom is -0.496 e. The Morgan fingerprint density at radius 3 is 2.81 bits per heavy atom. The number of hydrogen-bond acceptors (Lipinski definition) is 3. The largest absolute Gasteiger partial charge is 0.496 e. The Morgan fingerprint density at radius 1 is 1.50 bits per heavy atom. The number of nitrogens with two attached hydrogens (primary N) is 1. The normalized spacial score (nSPS) is 12.5. The molecule has 0 radical (unpaired) electrons. The number of methoxy groups -OCH3 is 1. The van der Waals surface area contributed by atoms with Gasteiger partial charge in [-0.2, -0.15) is 0 Å². The molecule has 0 aliphatic rings. The van der Waals surface area contributed by atoms with Gasteiger partial charge >= 0.3 is 0 Å². The fraction of sp³-hybridized carbons (Fsp3) is 0.500. The lowest BCUT2D eigenvalue weighted by molar-refractivity contribution is 0.394. The Labute approximate surface area is 102 Å². The molecular formula is C12H19ClN2O. The fourth-order valence-electron chi connectivity index (χ4n) is 1.71. The van der Waals surface area contributed by atoms with E-state index >= 15 is 0 Å². The first-order valence-electron chi connectivity index (χ1n) is 5.52. The minimum absolute atomic E-state index is 0.0913. The molecule has 1 aromatic carbocycles. The number of benzene rings is 1. The summed E-state index contributed by atoms with van der Waals surface area (Å²) in [7, 11) is 1.65. The molecule has 1 rings (SSSR count). The molecular weight excluding hydrogens is 224 g/mol. The summed E-state index contributed by atoms with van der Waals surface area (Å²) in [6, 6.07) is 5.68. The quantitative estimate of drug-likeness (QED) is 0.596. The zero-order valence-corrected chi connectivity index (χ0v) is 10.6. The molecule has 0 aromatic heterocycles. The summed E-state index contributed by atoms with van der Waals surface area (Å²) in [5.41, 5.74) is 3.84. The molecule has 16 heavy (non-hydrogen) atoms. The summed E-state index contributed by atoms with van der Waals surface area (Å²) in [4.78, 5) is 0. The lowest BCUT2D eigenvalue weighted by Gasteiger charge is -2.19. The summed E-state index contributed by atoms with van der Waals surface area (Å²) in [5.74, 6) is 6.39. The highest BCUT2D eigenvalue weighted by atomic mass is 35.5. The van der Waals surface area contributed by atoms with Gasteiger partial charge in [0.05, 0.1) is 7.11 Å². The van der Waals surface area contributed by atoms with Crippen LogP contribution in [0.1, 0.15) is 37.8 Å². The minimum atomic E-state index is 0.0913. The van der Waals surface area contributed by atoms with Crippen molar-refractivity contribution < 1.29 is 4.74 Å². The third kappa shape index (κ3) is 3.37. The first-order chi connectivity index (χ1) is 7.72. The van der Waals surface area contributed by atoms with Crippen LogP contribution >= 0.6 is 11.6 Å². The average Bonchev–Trinajstić information content (AvgIpc) is 2.30. The molecule has 0 aliphatic carbocycles. The second-order valence-corrected chi connectivity index (χ2v) is 4.18. The maximum absolute atomic E-state index is 5.98. The zero-order chi connectivity index (χ0) is 12.0. The molecule has 1 unspecified atom stereocenters. The second-order valence-electron chi connectivity index (χ2n) is 3.75. The van der Waals surface area contributed by atoms with Crippen molar-refractivity contribution in [2.45, 2.75) is 32.2 Å². The molecule has 0 heterocycles. The van der Waals surface area contributed by atoms with Gasteiger partial charge in [-0.3, -0.25) is 11.3 Å². The molecule has 0 amide bonds. The Morgan fingerprint density at radius 2 is 2.25 bits per heavy atom. The van der Waals surface area contributed by atoms with Gasteiger partial charge in [-0.25, -0.2) is 0 Å². The Bertz CT molecular complexity index is 331. The monoisotopic (exact) mass is 242 g/mol. The Kier molecular flexibility index (Phi) is 5.60. The number of rotatable bonds is 6. The summed E-state index contributed by atoms with van der Waals surface area (Å²) < 4.78 is 5.31. The third-order valence-corrected chi connectivity index (χ3v) is 2.85. The number of hydrogen-bond donors (Lipinski definition) is 2. The Hall–Kier alpha value is -0.770. The van der Waals surface area contributed by atoms with Crippen LogP contribution in [0.3, 0.4) is 0 Å². The topological polar surface area (TPSA) is 47.3 Å². The molecule has 0 fully saturated rings. The predicted molar refractivity (Wildman–Crippen MR) is 67.6 cm³/mol. The number of ether oxygens (including phenoxy) is 1. The van der Waals surface area contributed by atoms with Gasteiger partial charge in [0.2, 0.25) is 0 Å². The lowest BCUT2D eigenvalue weighted by Crippen LogP contribution is -2.28.